The van der Waals surface area contributed by atoms with Gasteiger partial charge in [0, 0.05) is 13.8 Å². The van der Waals surface area contributed by atoms with Gasteiger partial charge in [0.2, 0.25) is 5.91 Å². The lowest BCUT2D eigenvalue weighted by Gasteiger charge is -2.44. The third kappa shape index (κ3) is 4.80. The second-order valence-electron chi connectivity index (χ2n) is 9.11. The molecular weight excluding hydrogens is 333 g/mol. The number of hydrogen-bond donors (Lipinski definition) is 1. The van der Waals surface area contributed by atoms with Crippen LogP contribution in [0.2, 0.25) is 6.32 Å². The maximum absolute atomic E-state index is 11.7. The van der Waals surface area contributed by atoms with E-state index in [0.717, 1.165) is 32.0 Å². The van der Waals surface area contributed by atoms with Crippen LogP contribution in [0.1, 0.15) is 74.1 Å². The summed E-state index contributed by atoms with van der Waals surface area (Å²) < 4.78 is 17.7. The van der Waals surface area contributed by atoms with Crippen molar-refractivity contribution in [3.8, 4) is 0 Å². The van der Waals surface area contributed by atoms with Crippen molar-refractivity contribution in [2.24, 2.45) is 5.92 Å². The van der Waals surface area contributed by atoms with Crippen LogP contribution in [0.25, 0.3) is 0 Å². The Morgan fingerprint density at radius 2 is 1.65 bits per heavy atom. The van der Waals surface area contributed by atoms with E-state index in [2.05, 4.69) is 33.0 Å². The van der Waals surface area contributed by atoms with Gasteiger partial charge < -0.3 is 19.4 Å². The lowest BCUT2D eigenvalue weighted by atomic mass is 9.70. The molecule has 2 aliphatic rings. The summed E-state index contributed by atoms with van der Waals surface area (Å²) in [7, 11) is -0.196. The van der Waals surface area contributed by atoms with Crippen LogP contribution in [0.3, 0.4) is 0 Å². The molecule has 26 heavy (non-hydrogen) atoms. The zero-order chi connectivity index (χ0) is 19.8. The van der Waals surface area contributed by atoms with Gasteiger partial charge in [-0.3, -0.25) is 9.59 Å². The van der Waals surface area contributed by atoms with Crippen molar-refractivity contribution in [3.63, 3.8) is 0 Å². The van der Waals surface area contributed by atoms with E-state index in [1.807, 2.05) is 6.92 Å². The van der Waals surface area contributed by atoms with Gasteiger partial charge in [-0.2, -0.15) is 0 Å². The molecule has 0 unspecified atom stereocenters. The predicted octanol–water partition coefficient (Wildman–Crippen LogP) is 3.10. The fraction of sp³-hybridized carbons (Fsp3) is 0.895. The monoisotopic (exact) mass is 367 g/mol. The maximum atomic E-state index is 11.7. The van der Waals surface area contributed by atoms with Gasteiger partial charge in [-0.05, 0) is 66.1 Å². The number of nitrogens with one attached hydrogen (secondary N) is 1. The number of amides is 1. The van der Waals surface area contributed by atoms with E-state index in [4.69, 9.17) is 14.0 Å². The molecule has 6 nitrogen and oxygen atoms in total. The van der Waals surface area contributed by atoms with Gasteiger partial charge in [-0.25, -0.2) is 0 Å². The average molecular weight is 367 g/mol. The topological polar surface area (TPSA) is 73.9 Å². The first-order valence-corrected chi connectivity index (χ1v) is 9.66. The molecule has 1 N–H and O–H groups in total. The Morgan fingerprint density at radius 1 is 1.08 bits per heavy atom. The Labute approximate surface area is 157 Å². The molecular formula is C19H34BNO5. The van der Waals surface area contributed by atoms with Crippen LogP contribution in [0.15, 0.2) is 0 Å². The summed E-state index contributed by atoms with van der Waals surface area (Å²) in [5.74, 6) is 0.0242. The fourth-order valence-electron chi connectivity index (χ4n) is 4.16. The van der Waals surface area contributed by atoms with Crippen molar-refractivity contribution in [2.45, 2.75) is 103 Å². The third-order valence-electron chi connectivity index (χ3n) is 6.14. The van der Waals surface area contributed by atoms with E-state index in [1.165, 1.54) is 13.8 Å². The summed E-state index contributed by atoms with van der Waals surface area (Å²) >= 11 is 0. The molecule has 0 aromatic heterocycles. The molecule has 0 bridgehead atoms. The predicted molar refractivity (Wildman–Crippen MR) is 101 cm³/mol. The molecule has 1 aliphatic carbocycles. The molecule has 1 amide bonds. The van der Waals surface area contributed by atoms with Crippen LogP contribution < -0.4 is 5.32 Å². The summed E-state index contributed by atoms with van der Waals surface area (Å²) in [6, 6.07) is 0. The highest BCUT2D eigenvalue weighted by atomic mass is 16.7. The Kier molecular flexibility index (Phi) is 6.13. The highest BCUT2D eigenvalue weighted by molar-refractivity contribution is 6.45. The highest BCUT2D eigenvalue weighted by Gasteiger charge is 2.51. The largest absolute Gasteiger partial charge is 0.460 e. The smallest absolute Gasteiger partial charge is 0.457 e. The molecule has 0 spiro atoms. The molecule has 148 valence electrons. The number of carbonyl (C=O) groups excluding carboxylic acids is 2. The van der Waals surface area contributed by atoms with Crippen LogP contribution in [-0.4, -0.2) is 41.8 Å². The number of esters is 1. The highest BCUT2D eigenvalue weighted by Crippen LogP contribution is 2.41. The maximum Gasteiger partial charge on any atom is 0.457 e. The minimum Gasteiger partial charge on any atom is -0.460 e. The second kappa shape index (κ2) is 7.51. The molecule has 1 saturated carbocycles. The molecule has 0 aromatic rings. The van der Waals surface area contributed by atoms with Crippen molar-refractivity contribution in [1.29, 1.82) is 0 Å². The van der Waals surface area contributed by atoms with Crippen LogP contribution >= 0.6 is 0 Å². The van der Waals surface area contributed by atoms with E-state index in [0.29, 0.717) is 5.92 Å². The summed E-state index contributed by atoms with van der Waals surface area (Å²) in [4.78, 5) is 23.1. The van der Waals surface area contributed by atoms with E-state index in [-0.39, 0.29) is 36.3 Å². The van der Waals surface area contributed by atoms with Gasteiger partial charge in [-0.1, -0.05) is 6.42 Å². The molecule has 1 heterocycles. The van der Waals surface area contributed by atoms with Gasteiger partial charge in [0.25, 0.3) is 0 Å². The zero-order valence-corrected chi connectivity index (χ0v) is 17.3. The fourth-order valence-corrected chi connectivity index (χ4v) is 4.16. The molecule has 3 atom stereocenters. The van der Waals surface area contributed by atoms with Crippen LogP contribution in [-0.2, 0) is 23.6 Å². The lowest BCUT2D eigenvalue weighted by Crippen LogP contribution is -2.58. The Hall–Kier alpha value is -1.08. The van der Waals surface area contributed by atoms with Crippen molar-refractivity contribution in [1.82, 2.24) is 5.32 Å². The Bertz CT molecular complexity index is 534. The summed E-state index contributed by atoms with van der Waals surface area (Å²) in [6.07, 6.45) is 4.00. The standard InChI is InChI=1S/C19H34BNO5/c1-13(22)21-19(7)12-15(8-9-16(19)24-14(2)23)10-11-20-25-17(3,4)18(5,6)26-20/h15-16H,8-12H2,1-7H3,(H,21,22)/t15-,16+,19-/m0/s1. The normalized spacial score (nSPS) is 33.0. The molecule has 1 aliphatic heterocycles. The first-order valence-electron chi connectivity index (χ1n) is 9.66. The Balaban J connectivity index is 1.95. The van der Waals surface area contributed by atoms with Crippen molar-refractivity contribution < 1.29 is 23.6 Å². The number of carbonyl (C=O) groups is 2. The van der Waals surface area contributed by atoms with E-state index < -0.39 is 5.54 Å². The third-order valence-corrected chi connectivity index (χ3v) is 6.14. The first-order chi connectivity index (χ1) is 11.8. The minimum atomic E-state index is -0.531. The minimum absolute atomic E-state index is 0.101. The Morgan fingerprint density at radius 3 is 2.15 bits per heavy atom. The summed E-state index contributed by atoms with van der Waals surface area (Å²) in [5.41, 5.74) is -1.15. The van der Waals surface area contributed by atoms with Crippen LogP contribution in [0, 0.1) is 5.92 Å². The molecule has 1 saturated heterocycles. The van der Waals surface area contributed by atoms with E-state index >= 15 is 0 Å². The summed E-state index contributed by atoms with van der Waals surface area (Å²) in [5, 5.41) is 3.02. The first kappa shape index (κ1) is 21.2. The average Bonchev–Trinajstić information content (AvgIpc) is 2.66. The van der Waals surface area contributed by atoms with E-state index in [1.54, 1.807) is 0 Å². The van der Waals surface area contributed by atoms with Gasteiger partial charge in [-0.15, -0.1) is 0 Å². The van der Waals surface area contributed by atoms with Crippen molar-refractivity contribution >= 4 is 19.0 Å². The van der Waals surface area contributed by atoms with Crippen LogP contribution in [0.4, 0.5) is 0 Å². The van der Waals surface area contributed by atoms with Crippen LogP contribution in [0.5, 0.6) is 0 Å². The molecule has 2 fully saturated rings. The number of hydrogen-bond acceptors (Lipinski definition) is 5. The molecule has 0 radical (unpaired) electrons. The van der Waals surface area contributed by atoms with Crippen molar-refractivity contribution in [2.75, 3.05) is 0 Å². The lowest BCUT2D eigenvalue weighted by molar-refractivity contribution is -0.155. The van der Waals surface area contributed by atoms with Crippen molar-refractivity contribution in [3.05, 3.63) is 0 Å². The zero-order valence-electron chi connectivity index (χ0n) is 17.3. The van der Waals surface area contributed by atoms with E-state index in [9.17, 15) is 9.59 Å². The summed E-state index contributed by atoms with van der Waals surface area (Å²) in [6.45, 7) is 13.1. The molecule has 7 heteroatoms. The van der Waals surface area contributed by atoms with Gasteiger partial charge in [0.1, 0.15) is 6.10 Å². The quantitative estimate of drug-likeness (QED) is 0.597. The SMILES string of the molecule is CC(=O)N[C@@]1(C)C[C@H](CCB2OC(C)(C)C(C)(C)O2)CC[C@H]1OC(C)=O. The van der Waals surface area contributed by atoms with Gasteiger partial charge >= 0.3 is 13.1 Å². The molecule has 0 aromatic carbocycles. The second-order valence-corrected chi connectivity index (χ2v) is 9.11. The van der Waals surface area contributed by atoms with Gasteiger partial charge in [0.15, 0.2) is 0 Å². The molecule has 2 rings (SSSR count). The van der Waals surface area contributed by atoms with Gasteiger partial charge in [0.05, 0.1) is 16.7 Å². The number of rotatable bonds is 5. The number of ether oxygens (including phenoxy) is 1.